The zero-order chi connectivity index (χ0) is 24.4. The van der Waals surface area contributed by atoms with Gasteiger partial charge in [-0.3, -0.25) is 9.88 Å². The molecule has 2 aliphatic heterocycles. The van der Waals surface area contributed by atoms with Crippen LogP contribution in [-0.4, -0.2) is 84.4 Å². The Morgan fingerprint density at radius 1 is 1.17 bits per heavy atom. The highest BCUT2D eigenvalue weighted by Crippen LogP contribution is 2.47. The highest BCUT2D eigenvalue weighted by atomic mass is 19.1. The number of rotatable bonds is 6. The van der Waals surface area contributed by atoms with Crippen molar-refractivity contribution in [2.45, 2.75) is 39.2 Å². The van der Waals surface area contributed by atoms with E-state index in [2.05, 4.69) is 19.8 Å². The van der Waals surface area contributed by atoms with Crippen molar-refractivity contribution < 1.29 is 18.7 Å². The number of pyridine rings is 2. The Balaban J connectivity index is 1.23. The summed E-state index contributed by atoms with van der Waals surface area (Å²) < 4.78 is 25.1. The van der Waals surface area contributed by atoms with Crippen molar-refractivity contribution in [3.8, 4) is 17.1 Å². The van der Waals surface area contributed by atoms with Gasteiger partial charge >= 0.3 is 6.09 Å². The van der Waals surface area contributed by atoms with Crippen LogP contribution >= 0.6 is 0 Å². The second-order valence-corrected chi connectivity index (χ2v) is 9.79. The van der Waals surface area contributed by atoms with E-state index in [0.717, 1.165) is 69.8 Å². The predicted octanol–water partition coefficient (Wildman–Crippen LogP) is 3.81. The maximum absolute atomic E-state index is 14.3. The van der Waals surface area contributed by atoms with E-state index in [9.17, 15) is 9.18 Å². The summed E-state index contributed by atoms with van der Waals surface area (Å²) in [6.45, 7) is 9.76. The molecule has 35 heavy (non-hydrogen) atoms. The molecule has 0 N–H and O–H groups in total. The normalized spacial score (nSPS) is 21.7. The number of piperazine rings is 1. The topological polar surface area (TPSA) is 71.0 Å². The number of carbonyl (C=O) groups is 1. The van der Waals surface area contributed by atoms with Gasteiger partial charge in [-0.1, -0.05) is 0 Å². The molecule has 2 aromatic rings. The summed E-state index contributed by atoms with van der Waals surface area (Å²) in [5.41, 5.74) is 2.51. The van der Waals surface area contributed by atoms with Gasteiger partial charge in [0.05, 0.1) is 36.4 Å². The van der Waals surface area contributed by atoms with Crippen LogP contribution in [0.4, 0.5) is 14.9 Å². The lowest BCUT2D eigenvalue weighted by Crippen LogP contribution is -2.58. The summed E-state index contributed by atoms with van der Waals surface area (Å²) in [5, 5.41) is 0. The lowest BCUT2D eigenvalue weighted by molar-refractivity contribution is -0.00294. The molecule has 9 heteroatoms. The van der Waals surface area contributed by atoms with Crippen LogP contribution in [0.5, 0.6) is 5.88 Å². The minimum Gasteiger partial charge on any atom is -0.477 e. The number of hydrogen-bond donors (Lipinski definition) is 0. The first kappa shape index (κ1) is 23.8. The Morgan fingerprint density at radius 3 is 2.71 bits per heavy atom. The number of hydrogen-bond acceptors (Lipinski definition) is 7. The van der Waals surface area contributed by atoms with Crippen molar-refractivity contribution >= 4 is 11.8 Å². The molecular formula is C26H34FN5O3. The van der Waals surface area contributed by atoms with Crippen molar-refractivity contribution in [2.75, 3.05) is 57.4 Å². The summed E-state index contributed by atoms with van der Waals surface area (Å²) in [7, 11) is 0. The van der Waals surface area contributed by atoms with E-state index in [1.807, 2.05) is 30.9 Å². The van der Waals surface area contributed by atoms with Crippen LogP contribution in [0.25, 0.3) is 11.3 Å². The average molecular weight is 484 g/mol. The van der Waals surface area contributed by atoms with Gasteiger partial charge in [0.2, 0.25) is 5.88 Å². The monoisotopic (exact) mass is 483 g/mol. The maximum Gasteiger partial charge on any atom is 0.409 e. The predicted molar refractivity (Wildman–Crippen MR) is 131 cm³/mol. The number of halogens is 1. The second kappa shape index (κ2) is 9.97. The van der Waals surface area contributed by atoms with Gasteiger partial charge in [0.25, 0.3) is 0 Å². The van der Waals surface area contributed by atoms with Crippen molar-refractivity contribution in [2.24, 2.45) is 5.41 Å². The quantitative estimate of drug-likeness (QED) is 0.619. The zero-order valence-corrected chi connectivity index (χ0v) is 20.6. The molecule has 2 saturated heterocycles. The van der Waals surface area contributed by atoms with Crippen molar-refractivity contribution in [3.63, 3.8) is 0 Å². The first-order valence-electron chi connectivity index (χ1n) is 12.7. The molecule has 0 unspecified atom stereocenters. The first-order chi connectivity index (χ1) is 17.0. The van der Waals surface area contributed by atoms with E-state index in [1.165, 1.54) is 6.20 Å². The van der Waals surface area contributed by atoms with Gasteiger partial charge in [-0.25, -0.2) is 14.2 Å². The van der Waals surface area contributed by atoms with Gasteiger partial charge in [0.15, 0.2) is 0 Å². The van der Waals surface area contributed by atoms with Crippen molar-refractivity contribution in [1.82, 2.24) is 19.8 Å². The molecule has 2 aromatic heterocycles. The number of amides is 1. The van der Waals surface area contributed by atoms with Crippen LogP contribution in [0.15, 0.2) is 30.6 Å². The summed E-state index contributed by atoms with van der Waals surface area (Å²) >= 11 is 0. The number of ether oxygens (including phenoxy) is 2. The van der Waals surface area contributed by atoms with Gasteiger partial charge < -0.3 is 19.3 Å². The molecule has 1 spiro atoms. The standard InChI is InChI=1S/C26H34FN5O3/c1-3-34-24-21(6-5-9-28-24)23-22(14-19(27)16-29-23)31-12-10-30(11-13-31)20-7-8-26(15-20)17-32(18-26)25(33)35-4-2/h5-6,9,14,16,20H,3-4,7-8,10-13,15,17-18H2,1-2H3/t20-/m1/s1. The number of likely N-dealkylation sites (tertiary alicyclic amines) is 1. The molecule has 0 radical (unpaired) electrons. The lowest BCUT2D eigenvalue weighted by Gasteiger charge is -2.48. The largest absolute Gasteiger partial charge is 0.477 e. The number of aromatic nitrogens is 2. The highest BCUT2D eigenvalue weighted by molar-refractivity contribution is 5.78. The van der Waals surface area contributed by atoms with Crippen LogP contribution < -0.4 is 9.64 Å². The maximum atomic E-state index is 14.3. The van der Waals surface area contributed by atoms with Crippen LogP contribution in [0, 0.1) is 11.2 Å². The number of anilines is 1. The average Bonchev–Trinajstić information content (AvgIpc) is 3.30. The van der Waals surface area contributed by atoms with Gasteiger partial charge in [0, 0.05) is 63.0 Å². The van der Waals surface area contributed by atoms with E-state index in [1.54, 1.807) is 12.3 Å². The molecule has 3 fully saturated rings. The molecule has 1 amide bonds. The fraction of sp³-hybridized carbons (Fsp3) is 0.577. The van der Waals surface area contributed by atoms with Crippen LogP contribution in [0.1, 0.15) is 33.1 Å². The molecule has 0 bridgehead atoms. The Morgan fingerprint density at radius 2 is 1.97 bits per heavy atom. The summed E-state index contributed by atoms with van der Waals surface area (Å²) in [6.07, 6.45) is 6.22. The molecule has 1 saturated carbocycles. The van der Waals surface area contributed by atoms with Crippen molar-refractivity contribution in [3.05, 3.63) is 36.4 Å². The molecule has 5 rings (SSSR count). The lowest BCUT2D eigenvalue weighted by atomic mass is 9.78. The molecule has 0 aromatic carbocycles. The third-order valence-electron chi connectivity index (χ3n) is 7.57. The summed E-state index contributed by atoms with van der Waals surface area (Å²) in [6, 6.07) is 5.89. The third-order valence-corrected chi connectivity index (χ3v) is 7.57. The third kappa shape index (κ3) is 4.78. The molecule has 1 aliphatic carbocycles. The Bertz CT molecular complexity index is 1050. The van der Waals surface area contributed by atoms with Crippen molar-refractivity contribution in [1.29, 1.82) is 0 Å². The fourth-order valence-electron chi connectivity index (χ4n) is 5.91. The van der Waals surface area contributed by atoms with Gasteiger partial charge in [0.1, 0.15) is 5.82 Å². The zero-order valence-electron chi connectivity index (χ0n) is 20.6. The Labute approximate surface area is 206 Å². The molecular weight excluding hydrogens is 449 g/mol. The minimum atomic E-state index is -0.345. The van der Waals surface area contributed by atoms with E-state index < -0.39 is 0 Å². The fourth-order valence-corrected chi connectivity index (χ4v) is 5.91. The first-order valence-corrected chi connectivity index (χ1v) is 12.7. The molecule has 188 valence electrons. The highest BCUT2D eigenvalue weighted by Gasteiger charge is 2.51. The van der Waals surface area contributed by atoms with Crippen LogP contribution in [0.2, 0.25) is 0 Å². The molecule has 4 heterocycles. The van der Waals surface area contributed by atoms with E-state index in [4.69, 9.17) is 9.47 Å². The van der Waals surface area contributed by atoms with Crippen LogP contribution in [0.3, 0.4) is 0 Å². The molecule has 3 aliphatic rings. The SMILES string of the molecule is CCOC(=O)N1CC2(CC[C@@H](N3CCN(c4cc(F)cnc4-c4cccnc4OCC)CC3)C2)C1. The molecule has 8 nitrogen and oxygen atoms in total. The summed E-state index contributed by atoms with van der Waals surface area (Å²) in [5.74, 6) is 0.171. The second-order valence-electron chi connectivity index (χ2n) is 9.79. The summed E-state index contributed by atoms with van der Waals surface area (Å²) in [4.78, 5) is 27.4. The van der Waals surface area contributed by atoms with Gasteiger partial charge in [-0.05, 0) is 45.2 Å². The van der Waals surface area contributed by atoms with E-state index >= 15 is 0 Å². The van der Waals surface area contributed by atoms with E-state index in [0.29, 0.717) is 30.8 Å². The smallest absolute Gasteiger partial charge is 0.409 e. The minimum absolute atomic E-state index is 0.184. The van der Waals surface area contributed by atoms with E-state index in [-0.39, 0.29) is 17.3 Å². The Kier molecular flexibility index (Phi) is 6.77. The van der Waals surface area contributed by atoms with Gasteiger partial charge in [-0.2, -0.15) is 0 Å². The Hall–Kier alpha value is -2.94. The van der Waals surface area contributed by atoms with Crippen LogP contribution in [-0.2, 0) is 4.74 Å². The van der Waals surface area contributed by atoms with Gasteiger partial charge in [-0.15, -0.1) is 0 Å². The number of carbonyl (C=O) groups excluding carboxylic acids is 1. The molecule has 1 atom stereocenters. The number of nitrogens with zero attached hydrogens (tertiary/aromatic N) is 5.